The van der Waals surface area contributed by atoms with Crippen LogP contribution in [0.3, 0.4) is 0 Å². The molecule has 2 fully saturated rings. The maximum absolute atomic E-state index is 12.1. The molecule has 2 aliphatic heterocycles. The van der Waals surface area contributed by atoms with Gasteiger partial charge in [0.15, 0.2) is 0 Å². The Kier molecular flexibility index (Phi) is 4.52. The molecule has 0 aromatic carbocycles. The first-order chi connectivity index (χ1) is 10.5. The van der Waals surface area contributed by atoms with Gasteiger partial charge in [0.25, 0.3) is 0 Å². The predicted molar refractivity (Wildman–Crippen MR) is 86.8 cm³/mol. The number of sulfonamides is 1. The number of hydrogen-bond donors (Lipinski definition) is 0. The second-order valence-electron chi connectivity index (χ2n) is 6.62. The summed E-state index contributed by atoms with van der Waals surface area (Å²) in [6.07, 6.45) is 5.11. The zero-order chi connectivity index (χ0) is 15.6. The fourth-order valence-electron chi connectivity index (χ4n) is 3.81. The average molecular weight is 323 g/mol. The molecule has 1 aromatic rings. The smallest absolute Gasteiger partial charge is 0.213 e. The highest BCUT2D eigenvalue weighted by Crippen LogP contribution is 2.40. The van der Waals surface area contributed by atoms with Gasteiger partial charge >= 0.3 is 0 Å². The predicted octanol–water partition coefficient (Wildman–Crippen LogP) is 1.72. The van der Waals surface area contributed by atoms with Crippen LogP contribution in [0.25, 0.3) is 0 Å². The van der Waals surface area contributed by atoms with Crippen LogP contribution < -0.4 is 0 Å². The number of piperidine rings is 1. The molecule has 1 atom stereocenters. The minimum absolute atomic E-state index is 0.148. The Hall–Kier alpha value is -0.980. The van der Waals surface area contributed by atoms with Gasteiger partial charge in [-0.3, -0.25) is 9.88 Å². The highest BCUT2D eigenvalue weighted by atomic mass is 32.2. The Bertz CT molecular complexity index is 605. The van der Waals surface area contributed by atoms with Gasteiger partial charge in [-0.1, -0.05) is 6.07 Å². The molecule has 1 aromatic heterocycles. The zero-order valence-corrected chi connectivity index (χ0v) is 14.1. The quantitative estimate of drug-likeness (QED) is 0.846. The molecular weight excluding hydrogens is 298 g/mol. The van der Waals surface area contributed by atoms with E-state index in [2.05, 4.69) is 16.0 Å². The topological polar surface area (TPSA) is 53.5 Å². The van der Waals surface area contributed by atoms with Gasteiger partial charge in [-0.15, -0.1) is 0 Å². The second-order valence-corrected chi connectivity index (χ2v) is 8.88. The summed E-state index contributed by atoms with van der Waals surface area (Å²) >= 11 is 0. The lowest BCUT2D eigenvalue weighted by Gasteiger charge is -2.40. The molecule has 0 bridgehead atoms. The maximum Gasteiger partial charge on any atom is 0.213 e. The van der Waals surface area contributed by atoms with E-state index < -0.39 is 10.0 Å². The van der Waals surface area contributed by atoms with E-state index in [9.17, 15) is 8.42 Å². The molecule has 0 aliphatic carbocycles. The molecule has 2 saturated heterocycles. The van der Waals surface area contributed by atoms with Crippen LogP contribution in [0.4, 0.5) is 0 Å². The summed E-state index contributed by atoms with van der Waals surface area (Å²) in [7, 11) is -3.05. The van der Waals surface area contributed by atoms with E-state index in [0.717, 1.165) is 44.6 Å². The molecule has 122 valence electrons. The van der Waals surface area contributed by atoms with Gasteiger partial charge in [-0.2, -0.15) is 0 Å². The van der Waals surface area contributed by atoms with Gasteiger partial charge in [0, 0.05) is 32.4 Å². The highest BCUT2D eigenvalue weighted by molar-refractivity contribution is 7.89. The second kappa shape index (κ2) is 6.26. The van der Waals surface area contributed by atoms with Crippen LogP contribution in [0, 0.1) is 5.41 Å². The summed E-state index contributed by atoms with van der Waals surface area (Å²) in [6, 6.07) is 6.02. The first-order valence-electron chi connectivity index (χ1n) is 8.13. The van der Waals surface area contributed by atoms with E-state index in [1.807, 2.05) is 18.3 Å². The minimum atomic E-state index is -3.05. The third-order valence-electron chi connectivity index (χ3n) is 5.01. The van der Waals surface area contributed by atoms with E-state index in [-0.39, 0.29) is 11.2 Å². The maximum atomic E-state index is 12.1. The Morgan fingerprint density at radius 1 is 1.23 bits per heavy atom. The van der Waals surface area contributed by atoms with E-state index in [1.165, 1.54) is 0 Å². The van der Waals surface area contributed by atoms with Gasteiger partial charge in [-0.25, -0.2) is 12.7 Å². The van der Waals surface area contributed by atoms with Gasteiger partial charge in [0.05, 0.1) is 11.4 Å². The number of rotatable bonds is 4. The van der Waals surface area contributed by atoms with Crippen molar-refractivity contribution in [1.82, 2.24) is 14.2 Å². The first-order valence-corrected chi connectivity index (χ1v) is 9.74. The van der Waals surface area contributed by atoms with E-state index in [0.29, 0.717) is 13.1 Å². The SMILES string of the molecule is CCS(=O)(=O)N1CC[C@@]2(CCCN(Cc3ccccn3)C2)C1. The summed E-state index contributed by atoms with van der Waals surface area (Å²) < 4.78 is 25.9. The number of pyridine rings is 1. The van der Waals surface area contributed by atoms with Crippen molar-refractivity contribution in [3.05, 3.63) is 30.1 Å². The largest absolute Gasteiger partial charge is 0.297 e. The van der Waals surface area contributed by atoms with Crippen LogP contribution >= 0.6 is 0 Å². The molecule has 0 radical (unpaired) electrons. The number of aromatic nitrogens is 1. The van der Waals surface area contributed by atoms with Crippen LogP contribution in [0.1, 0.15) is 31.9 Å². The van der Waals surface area contributed by atoms with Crippen molar-refractivity contribution < 1.29 is 8.42 Å². The monoisotopic (exact) mass is 323 g/mol. The van der Waals surface area contributed by atoms with E-state index in [1.54, 1.807) is 11.2 Å². The molecular formula is C16H25N3O2S. The normalized spacial score (nSPS) is 27.5. The molecule has 0 amide bonds. The zero-order valence-electron chi connectivity index (χ0n) is 13.2. The number of likely N-dealkylation sites (tertiary alicyclic amines) is 1. The highest BCUT2D eigenvalue weighted by Gasteiger charge is 2.44. The van der Waals surface area contributed by atoms with Crippen molar-refractivity contribution in [2.24, 2.45) is 5.41 Å². The van der Waals surface area contributed by atoms with Crippen molar-refractivity contribution in [3.63, 3.8) is 0 Å². The van der Waals surface area contributed by atoms with Gasteiger partial charge in [0.2, 0.25) is 10.0 Å². The van der Waals surface area contributed by atoms with Crippen LogP contribution in [-0.4, -0.2) is 54.5 Å². The summed E-state index contributed by atoms with van der Waals surface area (Å²) in [4.78, 5) is 6.85. The summed E-state index contributed by atoms with van der Waals surface area (Å²) in [5.41, 5.74) is 1.24. The van der Waals surface area contributed by atoms with Crippen LogP contribution in [-0.2, 0) is 16.6 Å². The van der Waals surface area contributed by atoms with Gasteiger partial charge < -0.3 is 0 Å². The van der Waals surface area contributed by atoms with E-state index in [4.69, 9.17) is 0 Å². The van der Waals surface area contributed by atoms with E-state index >= 15 is 0 Å². The van der Waals surface area contributed by atoms with Crippen molar-refractivity contribution in [3.8, 4) is 0 Å². The molecule has 2 aliphatic rings. The van der Waals surface area contributed by atoms with Crippen molar-refractivity contribution in [2.45, 2.75) is 32.7 Å². The molecule has 0 unspecified atom stereocenters. The third kappa shape index (κ3) is 3.34. The lowest BCUT2D eigenvalue weighted by atomic mass is 9.79. The summed E-state index contributed by atoms with van der Waals surface area (Å²) in [5, 5.41) is 0. The molecule has 3 rings (SSSR count). The minimum Gasteiger partial charge on any atom is -0.297 e. The molecule has 5 nitrogen and oxygen atoms in total. The van der Waals surface area contributed by atoms with Crippen molar-refractivity contribution in [1.29, 1.82) is 0 Å². The average Bonchev–Trinajstić information content (AvgIpc) is 2.93. The Labute approximate surface area is 133 Å². The van der Waals surface area contributed by atoms with Crippen LogP contribution in [0.15, 0.2) is 24.4 Å². The van der Waals surface area contributed by atoms with Crippen molar-refractivity contribution in [2.75, 3.05) is 31.9 Å². The fourth-order valence-corrected chi connectivity index (χ4v) is 5.02. The van der Waals surface area contributed by atoms with Crippen LogP contribution in [0.5, 0.6) is 0 Å². The molecule has 3 heterocycles. The molecule has 1 spiro atoms. The Morgan fingerprint density at radius 3 is 2.82 bits per heavy atom. The fraction of sp³-hybridized carbons (Fsp3) is 0.688. The summed E-state index contributed by atoms with van der Waals surface area (Å²) in [5.74, 6) is 0.209. The molecule has 0 saturated carbocycles. The molecule has 6 heteroatoms. The molecule has 0 N–H and O–H groups in total. The van der Waals surface area contributed by atoms with Crippen molar-refractivity contribution >= 4 is 10.0 Å². The summed E-state index contributed by atoms with van der Waals surface area (Å²) in [6.45, 7) is 6.05. The van der Waals surface area contributed by atoms with Crippen LogP contribution in [0.2, 0.25) is 0 Å². The molecule has 22 heavy (non-hydrogen) atoms. The number of nitrogens with zero attached hydrogens (tertiary/aromatic N) is 3. The lowest BCUT2D eigenvalue weighted by molar-refractivity contribution is 0.0925. The van der Waals surface area contributed by atoms with Gasteiger partial charge in [-0.05, 0) is 50.3 Å². The number of hydrogen-bond acceptors (Lipinski definition) is 4. The Morgan fingerprint density at radius 2 is 2.09 bits per heavy atom. The Balaban J connectivity index is 1.66. The first kappa shape index (κ1) is 15.9. The lowest BCUT2D eigenvalue weighted by Crippen LogP contribution is -2.45. The van der Waals surface area contributed by atoms with Gasteiger partial charge in [0.1, 0.15) is 0 Å². The standard InChI is InChI=1S/C16H25N3O2S/c1-2-22(20,21)19-11-8-16(14-19)7-5-10-18(13-16)12-15-6-3-4-9-17-15/h3-4,6,9H,2,5,7-8,10-14H2,1H3/t16-/m1/s1. The third-order valence-corrected chi connectivity index (χ3v) is 6.84.